The molecule has 0 atom stereocenters. The lowest BCUT2D eigenvalue weighted by Gasteiger charge is -2.00. The van der Waals surface area contributed by atoms with E-state index in [1.165, 1.54) is 6.21 Å². The molecule has 138 valence electrons. The minimum atomic E-state index is -0.325. The molecule has 1 aromatic heterocycles. The Labute approximate surface area is 171 Å². The van der Waals surface area contributed by atoms with Gasteiger partial charge in [0, 0.05) is 11.1 Å². The molecule has 0 spiro atoms. The highest BCUT2D eigenvalue weighted by molar-refractivity contribution is 6.42. The van der Waals surface area contributed by atoms with Crippen LogP contribution in [0.5, 0.6) is 0 Å². The number of rotatable bonds is 4. The molecule has 0 radical (unpaired) electrons. The van der Waals surface area contributed by atoms with Crippen molar-refractivity contribution in [3.05, 3.63) is 87.9 Å². The lowest BCUT2D eigenvalue weighted by atomic mass is 10.2. The van der Waals surface area contributed by atoms with Crippen LogP contribution in [0.1, 0.15) is 15.9 Å². The Kier molecular flexibility index (Phi) is 5.10. The zero-order valence-electron chi connectivity index (χ0n) is 14.5. The topological polar surface area (TPSA) is 70.1 Å². The molecule has 7 heteroatoms. The number of aromatic nitrogens is 2. The number of fused-ring (bicyclic) bond motifs is 1. The highest BCUT2D eigenvalue weighted by Crippen LogP contribution is 2.22. The van der Waals surface area contributed by atoms with Crippen LogP contribution in [0.15, 0.2) is 71.8 Å². The van der Waals surface area contributed by atoms with E-state index in [4.69, 9.17) is 23.2 Å². The number of hydrogen-bond donors (Lipinski definition) is 2. The third-order valence-electron chi connectivity index (χ3n) is 4.11. The minimum absolute atomic E-state index is 0.325. The molecule has 1 heterocycles. The smallest absolute Gasteiger partial charge is 0.271 e. The summed E-state index contributed by atoms with van der Waals surface area (Å²) in [5, 5.41) is 4.86. The SMILES string of the molecule is O=C(N/N=C/c1ccc(Cl)c(Cl)c1)c1ccc2nc(-c3ccccc3)[nH]c2c1. The van der Waals surface area contributed by atoms with Gasteiger partial charge in [-0.25, -0.2) is 10.4 Å². The number of aromatic amines is 1. The van der Waals surface area contributed by atoms with Crippen molar-refractivity contribution in [1.82, 2.24) is 15.4 Å². The number of H-pyrrole nitrogens is 1. The first-order chi connectivity index (χ1) is 13.6. The number of nitrogens with one attached hydrogen (secondary N) is 2. The second-order valence-electron chi connectivity index (χ2n) is 6.06. The van der Waals surface area contributed by atoms with Gasteiger partial charge in [0.25, 0.3) is 5.91 Å². The van der Waals surface area contributed by atoms with Gasteiger partial charge in [-0.3, -0.25) is 4.79 Å². The fourth-order valence-corrected chi connectivity index (χ4v) is 3.01. The number of benzene rings is 3. The van der Waals surface area contributed by atoms with Crippen molar-refractivity contribution < 1.29 is 4.79 Å². The van der Waals surface area contributed by atoms with E-state index in [-0.39, 0.29) is 5.91 Å². The summed E-state index contributed by atoms with van der Waals surface area (Å²) < 4.78 is 0. The van der Waals surface area contributed by atoms with Crippen LogP contribution < -0.4 is 5.43 Å². The van der Waals surface area contributed by atoms with Gasteiger partial charge < -0.3 is 4.98 Å². The zero-order chi connectivity index (χ0) is 19.5. The number of nitrogens with zero attached hydrogens (tertiary/aromatic N) is 2. The maximum atomic E-state index is 12.4. The molecule has 0 bridgehead atoms. The van der Waals surface area contributed by atoms with Gasteiger partial charge in [0.2, 0.25) is 0 Å². The van der Waals surface area contributed by atoms with E-state index in [9.17, 15) is 4.79 Å². The number of imidazole rings is 1. The summed E-state index contributed by atoms with van der Waals surface area (Å²) in [6.07, 6.45) is 1.50. The molecule has 5 nitrogen and oxygen atoms in total. The van der Waals surface area contributed by atoms with E-state index in [2.05, 4.69) is 20.5 Å². The van der Waals surface area contributed by atoms with Crippen LogP contribution in [0.4, 0.5) is 0 Å². The Hall–Kier alpha value is -3.15. The van der Waals surface area contributed by atoms with Crippen LogP contribution in [0, 0.1) is 0 Å². The molecule has 3 aromatic carbocycles. The van der Waals surface area contributed by atoms with E-state index < -0.39 is 0 Å². The van der Waals surface area contributed by atoms with Gasteiger partial charge in [-0.15, -0.1) is 0 Å². The van der Waals surface area contributed by atoms with Crippen molar-refractivity contribution in [2.24, 2.45) is 5.10 Å². The van der Waals surface area contributed by atoms with Crippen LogP contribution in [-0.4, -0.2) is 22.1 Å². The van der Waals surface area contributed by atoms with Crippen LogP contribution in [0.2, 0.25) is 10.0 Å². The zero-order valence-corrected chi connectivity index (χ0v) is 16.0. The molecule has 0 unspecified atom stereocenters. The fourth-order valence-electron chi connectivity index (χ4n) is 2.71. The van der Waals surface area contributed by atoms with Crippen LogP contribution in [-0.2, 0) is 0 Å². The molecular weight excluding hydrogens is 395 g/mol. The number of carbonyl (C=O) groups is 1. The van der Waals surface area contributed by atoms with Crippen molar-refractivity contribution in [2.75, 3.05) is 0 Å². The lowest BCUT2D eigenvalue weighted by Crippen LogP contribution is -2.17. The molecule has 1 amide bonds. The van der Waals surface area contributed by atoms with E-state index in [0.29, 0.717) is 15.6 Å². The number of halogens is 2. The summed E-state index contributed by atoms with van der Waals surface area (Å²) in [5.41, 5.74) is 6.25. The average Bonchev–Trinajstić information content (AvgIpc) is 3.14. The van der Waals surface area contributed by atoms with Crippen molar-refractivity contribution in [1.29, 1.82) is 0 Å². The van der Waals surface area contributed by atoms with Crippen LogP contribution >= 0.6 is 23.2 Å². The summed E-state index contributed by atoms with van der Waals surface area (Å²) in [6, 6.07) is 20.2. The Morgan fingerprint density at radius 3 is 2.61 bits per heavy atom. The number of hydrogen-bond acceptors (Lipinski definition) is 3. The van der Waals surface area contributed by atoms with Gasteiger partial charge in [-0.05, 0) is 35.9 Å². The molecule has 4 aromatic rings. The van der Waals surface area contributed by atoms with Crippen LogP contribution in [0.25, 0.3) is 22.4 Å². The number of amides is 1. The van der Waals surface area contributed by atoms with Gasteiger partial charge in [-0.1, -0.05) is 59.6 Å². The monoisotopic (exact) mass is 408 g/mol. The molecule has 2 N–H and O–H groups in total. The molecule has 0 aliphatic rings. The Balaban J connectivity index is 1.51. The van der Waals surface area contributed by atoms with E-state index >= 15 is 0 Å². The fraction of sp³-hybridized carbons (Fsp3) is 0. The maximum Gasteiger partial charge on any atom is 0.271 e. The Morgan fingerprint density at radius 1 is 1.00 bits per heavy atom. The molecule has 0 aliphatic carbocycles. The summed E-state index contributed by atoms with van der Waals surface area (Å²) in [6.45, 7) is 0. The van der Waals surface area contributed by atoms with Crippen LogP contribution in [0.3, 0.4) is 0 Å². The highest BCUT2D eigenvalue weighted by Gasteiger charge is 2.09. The first kappa shape index (κ1) is 18.2. The third kappa shape index (κ3) is 3.91. The second-order valence-corrected chi connectivity index (χ2v) is 6.87. The van der Waals surface area contributed by atoms with Crippen molar-refractivity contribution in [2.45, 2.75) is 0 Å². The van der Waals surface area contributed by atoms with Crippen molar-refractivity contribution >= 4 is 46.4 Å². The minimum Gasteiger partial charge on any atom is -0.338 e. The molecule has 28 heavy (non-hydrogen) atoms. The molecule has 0 fully saturated rings. The summed E-state index contributed by atoms with van der Waals surface area (Å²) in [5.74, 6) is 0.430. The first-order valence-corrected chi connectivity index (χ1v) is 9.19. The van der Waals surface area contributed by atoms with Gasteiger partial charge in [0.15, 0.2) is 0 Å². The van der Waals surface area contributed by atoms with Crippen molar-refractivity contribution in [3.8, 4) is 11.4 Å². The summed E-state index contributed by atoms with van der Waals surface area (Å²) >= 11 is 11.8. The second kappa shape index (κ2) is 7.84. The molecule has 0 aliphatic heterocycles. The first-order valence-electron chi connectivity index (χ1n) is 8.44. The predicted molar refractivity (Wildman–Crippen MR) is 113 cm³/mol. The Morgan fingerprint density at radius 2 is 1.82 bits per heavy atom. The standard InChI is InChI=1S/C21H14Cl2N4O/c22-16-8-6-13(10-17(16)23)12-24-27-21(28)15-7-9-18-19(11-15)26-20(25-18)14-4-2-1-3-5-14/h1-12H,(H,25,26)(H,27,28)/b24-12+. The number of carbonyl (C=O) groups excluding carboxylic acids is 1. The Bertz CT molecular complexity index is 1190. The molecule has 4 rings (SSSR count). The predicted octanol–water partition coefficient (Wildman–Crippen LogP) is 5.30. The maximum absolute atomic E-state index is 12.4. The van der Waals surface area contributed by atoms with E-state index in [1.807, 2.05) is 30.3 Å². The molecule has 0 saturated heterocycles. The van der Waals surface area contributed by atoms with Gasteiger partial charge in [0.05, 0.1) is 27.3 Å². The summed E-state index contributed by atoms with van der Waals surface area (Å²) in [7, 11) is 0. The third-order valence-corrected chi connectivity index (χ3v) is 4.85. The van der Waals surface area contributed by atoms with Gasteiger partial charge >= 0.3 is 0 Å². The average molecular weight is 409 g/mol. The lowest BCUT2D eigenvalue weighted by molar-refractivity contribution is 0.0955. The van der Waals surface area contributed by atoms with E-state index in [0.717, 1.165) is 28.0 Å². The molecule has 0 saturated carbocycles. The largest absolute Gasteiger partial charge is 0.338 e. The van der Waals surface area contributed by atoms with Crippen molar-refractivity contribution in [3.63, 3.8) is 0 Å². The number of hydrazone groups is 1. The molecular formula is C21H14Cl2N4O. The van der Waals surface area contributed by atoms with Gasteiger partial charge in [0.1, 0.15) is 5.82 Å². The normalized spacial score (nSPS) is 11.2. The van der Waals surface area contributed by atoms with Gasteiger partial charge in [-0.2, -0.15) is 5.10 Å². The van der Waals surface area contributed by atoms with E-state index in [1.54, 1.807) is 36.4 Å². The highest BCUT2D eigenvalue weighted by atomic mass is 35.5. The summed E-state index contributed by atoms with van der Waals surface area (Å²) in [4.78, 5) is 20.2. The quantitative estimate of drug-likeness (QED) is 0.355.